The number of carbonyl (C=O) groups is 2. The zero-order valence-electron chi connectivity index (χ0n) is 11.1. The highest BCUT2D eigenvalue weighted by molar-refractivity contribution is 7.98. The maximum Gasteiger partial charge on any atom is 0.326 e. The van der Waals surface area contributed by atoms with Crippen LogP contribution in [0.25, 0.3) is 0 Å². The first kappa shape index (κ1) is 16.1. The van der Waals surface area contributed by atoms with Gasteiger partial charge in [0.2, 0.25) is 0 Å². The van der Waals surface area contributed by atoms with Crippen molar-refractivity contribution in [1.82, 2.24) is 10.2 Å². The van der Waals surface area contributed by atoms with Gasteiger partial charge in [-0.1, -0.05) is 13.8 Å². The lowest BCUT2D eigenvalue weighted by Crippen LogP contribution is -2.51. The molecule has 0 fully saturated rings. The van der Waals surface area contributed by atoms with Crippen molar-refractivity contribution in [2.75, 3.05) is 19.1 Å². The number of hydrogen-bond donors (Lipinski definition) is 2. The Labute approximate surface area is 107 Å². The molecule has 1 unspecified atom stereocenters. The van der Waals surface area contributed by atoms with Crippen LogP contribution in [0.3, 0.4) is 0 Å². The molecule has 17 heavy (non-hydrogen) atoms. The molecule has 0 aromatic rings. The van der Waals surface area contributed by atoms with Gasteiger partial charge in [0, 0.05) is 18.8 Å². The summed E-state index contributed by atoms with van der Waals surface area (Å²) in [6.07, 6.45) is 1.97. The van der Waals surface area contributed by atoms with Crippen LogP contribution in [0.15, 0.2) is 0 Å². The summed E-state index contributed by atoms with van der Waals surface area (Å²) in [5, 5.41) is 11.5. The standard InChI is InChI=1S/C11H22N2O3S/c1-7(2)9(10(14)15)12-11(16)13(4)8(3)6-17-5/h7-9H,6H2,1-5H3,(H,12,16)(H,14,15)/t8?,9-/m0/s1. The van der Waals surface area contributed by atoms with E-state index in [1.807, 2.05) is 13.2 Å². The maximum absolute atomic E-state index is 11.8. The number of hydrogen-bond acceptors (Lipinski definition) is 3. The minimum Gasteiger partial charge on any atom is -0.480 e. The Hall–Kier alpha value is -0.910. The summed E-state index contributed by atoms with van der Waals surface area (Å²) < 4.78 is 0. The van der Waals surface area contributed by atoms with Gasteiger partial charge in [-0.25, -0.2) is 9.59 Å². The molecule has 0 radical (unpaired) electrons. The summed E-state index contributed by atoms with van der Waals surface area (Å²) in [7, 11) is 1.68. The summed E-state index contributed by atoms with van der Waals surface area (Å²) in [4.78, 5) is 24.3. The van der Waals surface area contributed by atoms with Crippen LogP contribution in [0.1, 0.15) is 20.8 Å². The molecule has 6 heteroatoms. The number of amides is 2. The van der Waals surface area contributed by atoms with Gasteiger partial charge in [0.15, 0.2) is 0 Å². The average molecular weight is 262 g/mol. The predicted octanol–water partition coefficient (Wildman–Crippen LogP) is 1.49. The number of carbonyl (C=O) groups excluding carboxylic acids is 1. The number of thioether (sulfide) groups is 1. The second-order valence-electron chi connectivity index (χ2n) is 4.42. The Morgan fingerprint density at radius 3 is 2.24 bits per heavy atom. The number of rotatable bonds is 6. The largest absolute Gasteiger partial charge is 0.480 e. The fraction of sp³-hybridized carbons (Fsp3) is 0.818. The SMILES string of the molecule is CSCC(C)N(C)C(=O)N[C@H](C(=O)O)C(C)C. The van der Waals surface area contributed by atoms with Gasteiger partial charge in [-0.3, -0.25) is 0 Å². The number of urea groups is 1. The van der Waals surface area contributed by atoms with Gasteiger partial charge in [0.05, 0.1) is 0 Å². The third kappa shape index (κ3) is 5.30. The lowest BCUT2D eigenvalue weighted by molar-refractivity contribution is -0.140. The molecule has 0 saturated carbocycles. The topological polar surface area (TPSA) is 69.6 Å². The highest BCUT2D eigenvalue weighted by Crippen LogP contribution is 2.06. The predicted molar refractivity (Wildman–Crippen MR) is 70.4 cm³/mol. The van der Waals surface area contributed by atoms with E-state index in [2.05, 4.69) is 5.32 Å². The van der Waals surface area contributed by atoms with E-state index in [-0.39, 0.29) is 18.0 Å². The molecule has 100 valence electrons. The molecule has 0 aliphatic carbocycles. The first-order valence-electron chi connectivity index (χ1n) is 5.56. The first-order chi connectivity index (χ1) is 7.81. The molecule has 0 aromatic heterocycles. The van der Waals surface area contributed by atoms with Gasteiger partial charge in [-0.2, -0.15) is 11.8 Å². The zero-order chi connectivity index (χ0) is 13.6. The molecule has 5 nitrogen and oxygen atoms in total. The quantitative estimate of drug-likeness (QED) is 0.761. The van der Waals surface area contributed by atoms with E-state index in [1.54, 1.807) is 32.7 Å². The van der Waals surface area contributed by atoms with Crippen molar-refractivity contribution in [2.24, 2.45) is 5.92 Å². The number of aliphatic carboxylic acids is 1. The van der Waals surface area contributed by atoms with E-state index < -0.39 is 12.0 Å². The monoisotopic (exact) mass is 262 g/mol. The lowest BCUT2D eigenvalue weighted by Gasteiger charge is -2.27. The Kier molecular flexibility index (Phi) is 7.03. The van der Waals surface area contributed by atoms with Crippen LogP contribution in [-0.4, -0.2) is 53.1 Å². The van der Waals surface area contributed by atoms with Crippen molar-refractivity contribution in [2.45, 2.75) is 32.9 Å². The minimum absolute atomic E-state index is 0.0756. The first-order valence-corrected chi connectivity index (χ1v) is 6.95. The van der Waals surface area contributed by atoms with Crippen molar-refractivity contribution in [3.8, 4) is 0 Å². The van der Waals surface area contributed by atoms with Gasteiger partial charge < -0.3 is 15.3 Å². The van der Waals surface area contributed by atoms with Crippen molar-refractivity contribution >= 4 is 23.8 Å². The normalized spacial score (nSPS) is 14.2. The fourth-order valence-electron chi connectivity index (χ4n) is 1.30. The van der Waals surface area contributed by atoms with E-state index in [9.17, 15) is 9.59 Å². The van der Waals surface area contributed by atoms with Crippen LogP contribution in [-0.2, 0) is 4.79 Å². The van der Waals surface area contributed by atoms with Crippen LogP contribution >= 0.6 is 11.8 Å². The highest BCUT2D eigenvalue weighted by atomic mass is 32.2. The van der Waals surface area contributed by atoms with Gasteiger partial charge in [-0.15, -0.1) is 0 Å². The number of carboxylic acid groups (broad SMARTS) is 1. The molecule has 0 spiro atoms. The zero-order valence-corrected chi connectivity index (χ0v) is 11.9. The molecule has 0 saturated heterocycles. The van der Waals surface area contributed by atoms with E-state index in [4.69, 9.17) is 5.11 Å². The highest BCUT2D eigenvalue weighted by Gasteiger charge is 2.26. The van der Waals surface area contributed by atoms with E-state index in [0.29, 0.717) is 0 Å². The van der Waals surface area contributed by atoms with Gasteiger partial charge in [-0.05, 0) is 19.1 Å². The summed E-state index contributed by atoms with van der Waals surface area (Å²) in [5.41, 5.74) is 0. The number of nitrogens with zero attached hydrogens (tertiary/aromatic N) is 1. The third-order valence-electron chi connectivity index (χ3n) is 2.60. The summed E-state index contributed by atoms with van der Waals surface area (Å²) in [6.45, 7) is 5.47. The lowest BCUT2D eigenvalue weighted by atomic mass is 10.1. The van der Waals surface area contributed by atoms with Gasteiger partial charge in [0.25, 0.3) is 0 Å². The van der Waals surface area contributed by atoms with E-state index in [1.165, 1.54) is 4.90 Å². The summed E-state index contributed by atoms with van der Waals surface area (Å²) in [5.74, 6) is -0.316. The summed E-state index contributed by atoms with van der Waals surface area (Å²) >= 11 is 1.65. The smallest absolute Gasteiger partial charge is 0.326 e. The molecule has 0 rings (SSSR count). The second kappa shape index (κ2) is 7.42. The van der Waals surface area contributed by atoms with Crippen LogP contribution < -0.4 is 5.32 Å². The second-order valence-corrected chi connectivity index (χ2v) is 5.34. The molecular weight excluding hydrogens is 240 g/mol. The Morgan fingerprint density at radius 2 is 1.88 bits per heavy atom. The van der Waals surface area contributed by atoms with Gasteiger partial charge in [0.1, 0.15) is 6.04 Å². The Balaban J connectivity index is 4.45. The number of nitrogens with one attached hydrogen (secondary N) is 1. The van der Waals surface area contributed by atoms with E-state index >= 15 is 0 Å². The van der Waals surface area contributed by atoms with Crippen LogP contribution in [0.4, 0.5) is 4.79 Å². The molecule has 0 aliphatic heterocycles. The molecule has 0 aliphatic rings. The molecule has 2 atom stereocenters. The summed E-state index contributed by atoms with van der Waals surface area (Å²) in [6, 6.07) is -1.11. The Bertz CT molecular complexity index is 271. The third-order valence-corrected chi connectivity index (χ3v) is 3.42. The van der Waals surface area contributed by atoms with Crippen molar-refractivity contribution in [3.63, 3.8) is 0 Å². The van der Waals surface area contributed by atoms with Crippen LogP contribution in [0.5, 0.6) is 0 Å². The molecule has 0 bridgehead atoms. The van der Waals surface area contributed by atoms with E-state index in [0.717, 1.165) is 5.75 Å². The van der Waals surface area contributed by atoms with Crippen molar-refractivity contribution in [1.29, 1.82) is 0 Å². The molecule has 2 amide bonds. The molecule has 2 N–H and O–H groups in total. The van der Waals surface area contributed by atoms with Crippen LogP contribution in [0.2, 0.25) is 0 Å². The molecule has 0 aromatic carbocycles. The average Bonchev–Trinajstić information content (AvgIpc) is 2.23. The Morgan fingerprint density at radius 1 is 1.35 bits per heavy atom. The van der Waals surface area contributed by atoms with Crippen molar-refractivity contribution < 1.29 is 14.7 Å². The minimum atomic E-state index is -1.00. The van der Waals surface area contributed by atoms with Crippen LogP contribution in [0, 0.1) is 5.92 Å². The van der Waals surface area contributed by atoms with Gasteiger partial charge >= 0.3 is 12.0 Å². The fourth-order valence-corrected chi connectivity index (χ4v) is 2.01. The molecule has 0 heterocycles. The maximum atomic E-state index is 11.8. The molecular formula is C11H22N2O3S. The number of carboxylic acids is 1. The van der Waals surface area contributed by atoms with Crippen molar-refractivity contribution in [3.05, 3.63) is 0 Å².